The fourth-order valence-corrected chi connectivity index (χ4v) is 4.55. The van der Waals surface area contributed by atoms with Crippen molar-refractivity contribution in [1.29, 1.82) is 0 Å². The molecule has 3 fully saturated rings. The summed E-state index contributed by atoms with van der Waals surface area (Å²) in [4.78, 5) is 14.5. The minimum absolute atomic E-state index is 0.0569. The predicted molar refractivity (Wildman–Crippen MR) is 99.3 cm³/mol. The molecule has 136 valence electrons. The molecule has 0 radical (unpaired) electrons. The van der Waals surface area contributed by atoms with E-state index in [2.05, 4.69) is 28.5 Å². The second-order valence-corrected chi connectivity index (χ2v) is 8.04. The molecule has 25 heavy (non-hydrogen) atoms. The van der Waals surface area contributed by atoms with Crippen LogP contribution < -0.4 is 15.5 Å². The molecule has 3 aliphatic rings. The number of anilines is 1. The van der Waals surface area contributed by atoms with E-state index < -0.39 is 0 Å². The molecule has 3 heterocycles. The molecule has 4 unspecified atom stereocenters. The third kappa shape index (κ3) is 3.72. The van der Waals surface area contributed by atoms with Gasteiger partial charge in [-0.3, -0.25) is 0 Å². The first-order chi connectivity index (χ1) is 12.1. The molecule has 3 saturated heterocycles. The third-order valence-electron chi connectivity index (χ3n) is 5.77. The molecule has 0 spiro atoms. The summed E-state index contributed by atoms with van der Waals surface area (Å²) in [6, 6.07) is 6.16. The Kier molecular flexibility index (Phi) is 4.78. The fourth-order valence-electron chi connectivity index (χ4n) is 4.39. The molecule has 0 aliphatic carbocycles. The van der Waals surface area contributed by atoms with Crippen molar-refractivity contribution in [3.63, 3.8) is 0 Å². The molecule has 2 N–H and O–H groups in total. The van der Waals surface area contributed by atoms with Crippen LogP contribution in [0.1, 0.15) is 31.2 Å². The highest BCUT2D eigenvalue weighted by Gasteiger charge is 2.41. The van der Waals surface area contributed by atoms with E-state index in [-0.39, 0.29) is 18.2 Å². The highest BCUT2D eigenvalue weighted by atomic mass is 35.5. The maximum absolute atomic E-state index is 12.2. The average Bonchev–Trinajstić information content (AvgIpc) is 3.31. The van der Waals surface area contributed by atoms with Crippen molar-refractivity contribution in [2.45, 2.75) is 50.9 Å². The average molecular weight is 364 g/mol. The Morgan fingerprint density at radius 3 is 3.00 bits per heavy atom. The molecule has 4 atom stereocenters. The summed E-state index contributed by atoms with van der Waals surface area (Å²) in [5, 5.41) is 6.91. The Bertz CT molecular complexity index is 654. The van der Waals surface area contributed by atoms with Gasteiger partial charge < -0.3 is 20.3 Å². The Morgan fingerprint density at radius 1 is 1.36 bits per heavy atom. The molecule has 2 amide bonds. The van der Waals surface area contributed by atoms with Crippen LogP contribution in [0.2, 0.25) is 5.02 Å². The van der Waals surface area contributed by atoms with Gasteiger partial charge in [-0.2, -0.15) is 0 Å². The molecule has 4 rings (SSSR count). The number of ether oxygens (including phenoxy) is 1. The largest absolute Gasteiger partial charge is 0.373 e. The van der Waals surface area contributed by atoms with Crippen LogP contribution >= 0.6 is 11.6 Å². The highest BCUT2D eigenvalue weighted by Crippen LogP contribution is 2.34. The number of nitrogens with one attached hydrogen (secondary N) is 2. The molecule has 0 aromatic heterocycles. The standard InChI is InChI=1S/C19H26ClN3O2/c1-12-2-3-14(20)8-17(12)23-7-6-13(11-23)10-21-19(24)22-16-9-15-4-5-18(16)25-15/h2-3,8,13,15-16,18H,4-7,9-11H2,1H3,(H2,21,22,24). The summed E-state index contributed by atoms with van der Waals surface area (Å²) in [7, 11) is 0. The number of amides is 2. The Morgan fingerprint density at radius 2 is 2.24 bits per heavy atom. The van der Waals surface area contributed by atoms with E-state index in [0.29, 0.717) is 18.6 Å². The normalized spacial score (nSPS) is 30.7. The summed E-state index contributed by atoms with van der Waals surface area (Å²) in [6.45, 7) is 4.79. The van der Waals surface area contributed by atoms with Crippen LogP contribution in [0.4, 0.5) is 10.5 Å². The Balaban J connectivity index is 1.24. The van der Waals surface area contributed by atoms with Gasteiger partial charge in [-0.25, -0.2) is 4.79 Å². The smallest absolute Gasteiger partial charge is 0.315 e. The molecule has 5 nitrogen and oxygen atoms in total. The first-order valence-corrected chi connectivity index (χ1v) is 9.67. The number of carbonyl (C=O) groups excluding carboxylic acids is 1. The van der Waals surface area contributed by atoms with E-state index >= 15 is 0 Å². The zero-order valence-electron chi connectivity index (χ0n) is 14.6. The number of halogens is 1. The summed E-state index contributed by atoms with van der Waals surface area (Å²) >= 11 is 6.14. The zero-order valence-corrected chi connectivity index (χ0v) is 15.4. The van der Waals surface area contributed by atoms with E-state index in [0.717, 1.165) is 43.8 Å². The van der Waals surface area contributed by atoms with Crippen LogP contribution in [0.3, 0.4) is 0 Å². The number of urea groups is 1. The summed E-state index contributed by atoms with van der Waals surface area (Å²) in [6.07, 6.45) is 4.85. The lowest BCUT2D eigenvalue weighted by atomic mass is 9.96. The van der Waals surface area contributed by atoms with Gasteiger partial charge in [0, 0.05) is 30.3 Å². The second kappa shape index (κ2) is 7.04. The minimum atomic E-state index is -0.0569. The van der Waals surface area contributed by atoms with Crippen LogP contribution in [-0.2, 0) is 4.74 Å². The van der Waals surface area contributed by atoms with Crippen LogP contribution in [0.15, 0.2) is 18.2 Å². The number of hydrogen-bond donors (Lipinski definition) is 2. The molecule has 1 aromatic rings. The van der Waals surface area contributed by atoms with Gasteiger partial charge in [0.1, 0.15) is 0 Å². The van der Waals surface area contributed by atoms with Crippen molar-refractivity contribution < 1.29 is 9.53 Å². The zero-order chi connectivity index (χ0) is 17.4. The topological polar surface area (TPSA) is 53.6 Å². The lowest BCUT2D eigenvalue weighted by molar-refractivity contribution is 0.0981. The lowest BCUT2D eigenvalue weighted by Gasteiger charge is -2.22. The van der Waals surface area contributed by atoms with Gasteiger partial charge in [0.05, 0.1) is 18.2 Å². The van der Waals surface area contributed by atoms with E-state index in [4.69, 9.17) is 16.3 Å². The number of aryl methyl sites for hydroxylation is 1. The Labute approximate surface area is 154 Å². The van der Waals surface area contributed by atoms with Gasteiger partial charge >= 0.3 is 6.03 Å². The Hall–Kier alpha value is -1.46. The number of nitrogens with zero attached hydrogens (tertiary/aromatic N) is 1. The van der Waals surface area contributed by atoms with E-state index in [1.165, 1.54) is 11.3 Å². The van der Waals surface area contributed by atoms with Crippen LogP contribution in [-0.4, -0.2) is 43.9 Å². The van der Waals surface area contributed by atoms with Gasteiger partial charge in [-0.15, -0.1) is 0 Å². The van der Waals surface area contributed by atoms with E-state index in [1.54, 1.807) is 0 Å². The first kappa shape index (κ1) is 17.0. The SMILES string of the molecule is Cc1ccc(Cl)cc1N1CCC(CNC(=O)NC2CC3CCC2O3)C1. The van der Waals surface area contributed by atoms with Gasteiger partial charge in [-0.05, 0) is 56.2 Å². The van der Waals surface area contributed by atoms with Crippen molar-refractivity contribution in [2.75, 3.05) is 24.5 Å². The summed E-state index contributed by atoms with van der Waals surface area (Å²) < 4.78 is 5.79. The number of rotatable bonds is 4. The molecular weight excluding hydrogens is 338 g/mol. The number of hydrogen-bond acceptors (Lipinski definition) is 3. The molecule has 1 aromatic carbocycles. The quantitative estimate of drug-likeness (QED) is 0.864. The molecular formula is C19H26ClN3O2. The van der Waals surface area contributed by atoms with Crippen LogP contribution in [0, 0.1) is 12.8 Å². The number of carbonyl (C=O) groups is 1. The maximum Gasteiger partial charge on any atom is 0.315 e. The van der Waals surface area contributed by atoms with Crippen molar-refractivity contribution in [3.8, 4) is 0 Å². The molecule has 3 aliphatic heterocycles. The molecule has 0 saturated carbocycles. The van der Waals surface area contributed by atoms with Crippen LogP contribution in [0.25, 0.3) is 0 Å². The first-order valence-electron chi connectivity index (χ1n) is 9.29. The maximum atomic E-state index is 12.2. The third-order valence-corrected chi connectivity index (χ3v) is 6.01. The highest BCUT2D eigenvalue weighted by molar-refractivity contribution is 6.30. The monoisotopic (exact) mass is 363 g/mol. The fraction of sp³-hybridized carbons (Fsp3) is 0.632. The van der Waals surface area contributed by atoms with Crippen molar-refractivity contribution in [1.82, 2.24) is 10.6 Å². The van der Waals surface area contributed by atoms with Crippen molar-refractivity contribution in [2.24, 2.45) is 5.92 Å². The van der Waals surface area contributed by atoms with E-state index in [1.807, 2.05) is 12.1 Å². The second-order valence-electron chi connectivity index (χ2n) is 7.60. The molecule has 2 bridgehead atoms. The van der Waals surface area contributed by atoms with Gasteiger partial charge in [-0.1, -0.05) is 17.7 Å². The van der Waals surface area contributed by atoms with Gasteiger partial charge in [0.2, 0.25) is 0 Å². The minimum Gasteiger partial charge on any atom is -0.373 e. The van der Waals surface area contributed by atoms with Gasteiger partial charge in [0.25, 0.3) is 0 Å². The van der Waals surface area contributed by atoms with Crippen molar-refractivity contribution >= 4 is 23.3 Å². The van der Waals surface area contributed by atoms with E-state index in [9.17, 15) is 4.79 Å². The van der Waals surface area contributed by atoms with Crippen molar-refractivity contribution in [3.05, 3.63) is 28.8 Å². The van der Waals surface area contributed by atoms with Gasteiger partial charge in [0.15, 0.2) is 0 Å². The summed E-state index contributed by atoms with van der Waals surface area (Å²) in [5.74, 6) is 0.473. The number of benzene rings is 1. The molecule has 6 heteroatoms. The van der Waals surface area contributed by atoms with Crippen LogP contribution in [0.5, 0.6) is 0 Å². The lowest BCUT2D eigenvalue weighted by Crippen LogP contribution is -2.47. The predicted octanol–water partition coefficient (Wildman–Crippen LogP) is 3.09. The summed E-state index contributed by atoms with van der Waals surface area (Å²) in [5.41, 5.74) is 2.45. The number of fused-ring (bicyclic) bond motifs is 2.